The van der Waals surface area contributed by atoms with E-state index in [1.165, 1.54) is 35.2 Å². The first kappa shape index (κ1) is 30.5. The van der Waals surface area contributed by atoms with Crippen molar-refractivity contribution in [3.63, 3.8) is 0 Å². The number of anilines is 1. The molecule has 2 atom stereocenters. The average molecular weight is 633 g/mol. The Labute approximate surface area is 264 Å². The number of aromatic nitrogens is 4. The van der Waals surface area contributed by atoms with E-state index < -0.39 is 11.4 Å². The highest BCUT2D eigenvalue weighted by molar-refractivity contribution is 6.34. The molecule has 0 aliphatic carbocycles. The van der Waals surface area contributed by atoms with Gasteiger partial charge in [-0.1, -0.05) is 51.9 Å². The van der Waals surface area contributed by atoms with Crippen LogP contribution in [-0.2, 0) is 4.79 Å². The zero-order chi connectivity index (χ0) is 32.3. The maximum atomic E-state index is 15.2. The molecule has 1 fully saturated rings. The number of fused-ring (bicyclic) bond motifs is 5. The number of aromatic hydroxyl groups is 1. The Balaban J connectivity index is 1.73. The Morgan fingerprint density at radius 2 is 1.84 bits per heavy atom. The van der Waals surface area contributed by atoms with E-state index in [2.05, 4.69) is 21.4 Å². The van der Waals surface area contributed by atoms with E-state index in [0.29, 0.717) is 41.2 Å². The fourth-order valence-electron chi connectivity index (χ4n) is 6.33. The van der Waals surface area contributed by atoms with Gasteiger partial charge in [0.25, 0.3) is 0 Å². The molecule has 6 rings (SSSR count). The second-order valence-electron chi connectivity index (χ2n) is 12.1. The topological polar surface area (TPSA) is 114 Å². The van der Waals surface area contributed by atoms with Gasteiger partial charge >= 0.3 is 5.56 Å². The lowest BCUT2D eigenvalue weighted by Crippen LogP contribution is -2.62. The third-order valence-electron chi connectivity index (χ3n) is 8.47. The van der Waals surface area contributed by atoms with Gasteiger partial charge in [-0.05, 0) is 43.0 Å². The van der Waals surface area contributed by atoms with Crippen LogP contribution in [-0.4, -0.2) is 67.2 Å². The zero-order valence-corrected chi connectivity index (χ0v) is 26.5. The summed E-state index contributed by atoms with van der Waals surface area (Å²) >= 11 is 6.84. The number of nitrogens with zero attached hydrogens (tertiary/aromatic N) is 6. The fourth-order valence-corrected chi connectivity index (χ4v) is 6.58. The van der Waals surface area contributed by atoms with Crippen molar-refractivity contribution in [2.24, 2.45) is 0 Å². The van der Waals surface area contributed by atoms with Gasteiger partial charge in [-0.3, -0.25) is 14.2 Å². The molecule has 234 valence electrons. The summed E-state index contributed by atoms with van der Waals surface area (Å²) in [5.74, 6) is -1.32. The summed E-state index contributed by atoms with van der Waals surface area (Å²) in [4.78, 5) is 45.1. The molecule has 12 heteroatoms. The van der Waals surface area contributed by atoms with Gasteiger partial charge in [-0.25, -0.2) is 19.3 Å². The Bertz CT molecular complexity index is 1880. The number of hydrogen-bond donors (Lipinski definition) is 1. The number of benzene rings is 1. The summed E-state index contributed by atoms with van der Waals surface area (Å²) in [7, 11) is 0. The number of amides is 1. The number of ether oxygens (including phenoxy) is 1. The van der Waals surface area contributed by atoms with Crippen molar-refractivity contribution in [2.75, 3.05) is 24.6 Å². The SMILES string of the molecule is C=CC(=O)N1C[C@@H]2COc3c(c4cc(Cl)c(-c5c(O)cccc5F)nc4n(-c4c(C(C)C)ncnc4C(C)C)c3=O)N2C[C@H]1C. The number of phenols is 1. The molecule has 4 aromatic rings. The first-order chi connectivity index (χ1) is 21.4. The highest BCUT2D eigenvalue weighted by Gasteiger charge is 2.41. The van der Waals surface area contributed by atoms with Crippen LogP contribution in [0.5, 0.6) is 11.5 Å². The largest absolute Gasteiger partial charge is 0.507 e. The molecular formula is C33H34ClFN6O4. The summed E-state index contributed by atoms with van der Waals surface area (Å²) in [6.07, 6.45) is 2.78. The van der Waals surface area contributed by atoms with Gasteiger partial charge in [0.1, 0.15) is 24.5 Å². The van der Waals surface area contributed by atoms with Crippen molar-refractivity contribution in [3.8, 4) is 28.4 Å². The molecule has 2 aliphatic heterocycles. The summed E-state index contributed by atoms with van der Waals surface area (Å²) < 4.78 is 22.9. The van der Waals surface area contributed by atoms with Gasteiger partial charge < -0.3 is 19.6 Å². The van der Waals surface area contributed by atoms with Crippen LogP contribution >= 0.6 is 11.6 Å². The van der Waals surface area contributed by atoms with Gasteiger partial charge in [-0.2, -0.15) is 0 Å². The van der Waals surface area contributed by atoms with E-state index in [4.69, 9.17) is 21.3 Å². The molecule has 1 N–H and O–H groups in total. The number of hydrogen-bond acceptors (Lipinski definition) is 8. The molecule has 10 nitrogen and oxygen atoms in total. The minimum Gasteiger partial charge on any atom is -0.507 e. The quantitative estimate of drug-likeness (QED) is 0.284. The van der Waals surface area contributed by atoms with Crippen LogP contribution in [0, 0.1) is 5.82 Å². The van der Waals surface area contributed by atoms with Crippen molar-refractivity contribution >= 4 is 34.2 Å². The predicted molar refractivity (Wildman–Crippen MR) is 171 cm³/mol. The van der Waals surface area contributed by atoms with E-state index in [1.807, 2.05) is 34.6 Å². The molecular weight excluding hydrogens is 599 g/mol. The minimum atomic E-state index is -0.718. The molecule has 0 saturated carbocycles. The molecule has 5 heterocycles. The Kier molecular flexibility index (Phi) is 7.76. The highest BCUT2D eigenvalue weighted by Crippen LogP contribution is 2.44. The van der Waals surface area contributed by atoms with E-state index in [0.717, 1.165) is 0 Å². The Morgan fingerprint density at radius 1 is 1.16 bits per heavy atom. The fraction of sp³-hybridized carbons (Fsp3) is 0.364. The molecule has 0 unspecified atom stereocenters. The lowest BCUT2D eigenvalue weighted by molar-refractivity contribution is -0.129. The predicted octanol–water partition coefficient (Wildman–Crippen LogP) is 5.57. The molecule has 2 aliphatic rings. The second-order valence-corrected chi connectivity index (χ2v) is 12.5. The van der Waals surface area contributed by atoms with Gasteiger partial charge in [-0.15, -0.1) is 0 Å². The Morgan fingerprint density at radius 3 is 2.47 bits per heavy atom. The number of piperazine rings is 1. The Hall–Kier alpha value is -4.51. The average Bonchev–Trinajstić information content (AvgIpc) is 3.00. The molecule has 0 spiro atoms. The number of pyridine rings is 2. The third-order valence-corrected chi connectivity index (χ3v) is 8.75. The van der Waals surface area contributed by atoms with Crippen LogP contribution in [0.4, 0.5) is 10.1 Å². The maximum absolute atomic E-state index is 15.2. The second kappa shape index (κ2) is 11.4. The molecule has 1 aromatic carbocycles. The summed E-state index contributed by atoms with van der Waals surface area (Å²) in [5, 5.41) is 11.2. The number of phenolic OH excluding ortho intramolecular Hbond substituents is 1. The van der Waals surface area contributed by atoms with Crippen LogP contribution < -0.4 is 15.2 Å². The molecule has 1 amide bonds. The lowest BCUT2D eigenvalue weighted by atomic mass is 9.99. The number of carbonyl (C=O) groups excluding carboxylic acids is 1. The highest BCUT2D eigenvalue weighted by atomic mass is 35.5. The van der Waals surface area contributed by atoms with Crippen molar-refractivity contribution in [1.82, 2.24) is 24.4 Å². The van der Waals surface area contributed by atoms with Crippen molar-refractivity contribution < 1.29 is 19.0 Å². The minimum absolute atomic E-state index is 0.0232. The van der Waals surface area contributed by atoms with Gasteiger partial charge in [0.2, 0.25) is 11.7 Å². The summed E-state index contributed by atoms with van der Waals surface area (Å²) in [6, 6.07) is 5.11. The summed E-state index contributed by atoms with van der Waals surface area (Å²) in [5.41, 5.74) is 1.71. The van der Waals surface area contributed by atoms with Gasteiger partial charge in [0, 0.05) is 24.5 Å². The van der Waals surface area contributed by atoms with Gasteiger partial charge in [0.15, 0.2) is 5.65 Å². The lowest BCUT2D eigenvalue weighted by Gasteiger charge is -2.48. The normalized spacial score (nSPS) is 17.8. The standard InChI is InChI=1S/C33H34ClFN6O4/c1-7-24(43)39-13-19-14-45-31-29(40(19)12-18(39)6)20-11-21(34)28(25-22(35)9-8-10-23(25)42)38-32(20)41(33(31)44)30-26(16(2)3)36-15-37-27(30)17(4)5/h7-11,15-19,42H,1,12-14H2,2-6H3/t18-,19-/m1/s1. The third kappa shape index (κ3) is 4.89. The van der Waals surface area contributed by atoms with E-state index >= 15 is 4.39 Å². The first-order valence-corrected chi connectivity index (χ1v) is 15.3. The van der Waals surface area contributed by atoms with Crippen molar-refractivity contribution in [2.45, 2.75) is 58.5 Å². The van der Waals surface area contributed by atoms with E-state index in [-0.39, 0.29) is 69.9 Å². The number of halogens is 2. The molecule has 45 heavy (non-hydrogen) atoms. The van der Waals surface area contributed by atoms with Crippen LogP contribution in [0.15, 0.2) is 48.0 Å². The van der Waals surface area contributed by atoms with Crippen LogP contribution in [0.1, 0.15) is 57.8 Å². The molecule has 3 aromatic heterocycles. The smallest absolute Gasteiger partial charge is 0.301 e. The van der Waals surface area contributed by atoms with E-state index in [1.54, 1.807) is 11.0 Å². The maximum Gasteiger partial charge on any atom is 0.301 e. The van der Waals surface area contributed by atoms with Crippen molar-refractivity contribution in [1.29, 1.82) is 0 Å². The van der Waals surface area contributed by atoms with Crippen LogP contribution in [0.3, 0.4) is 0 Å². The molecule has 1 saturated heterocycles. The number of carbonyl (C=O) groups is 1. The monoisotopic (exact) mass is 632 g/mol. The molecule has 0 radical (unpaired) electrons. The zero-order valence-electron chi connectivity index (χ0n) is 25.7. The summed E-state index contributed by atoms with van der Waals surface area (Å²) in [6.45, 7) is 14.4. The molecule has 0 bridgehead atoms. The first-order valence-electron chi connectivity index (χ1n) is 14.9. The van der Waals surface area contributed by atoms with Crippen LogP contribution in [0.2, 0.25) is 5.02 Å². The van der Waals surface area contributed by atoms with Gasteiger partial charge in [0.05, 0.1) is 45.1 Å². The van der Waals surface area contributed by atoms with Crippen molar-refractivity contribution in [3.05, 3.63) is 75.8 Å². The van der Waals surface area contributed by atoms with E-state index in [9.17, 15) is 14.7 Å². The number of rotatable bonds is 5. The van der Waals surface area contributed by atoms with Crippen LogP contribution in [0.25, 0.3) is 28.0 Å².